The van der Waals surface area contributed by atoms with Crippen LogP contribution in [0.15, 0.2) is 78.9 Å². The van der Waals surface area contributed by atoms with Crippen molar-refractivity contribution in [3.63, 3.8) is 0 Å². The molecule has 0 bridgehead atoms. The highest BCUT2D eigenvalue weighted by molar-refractivity contribution is 5.49. The lowest BCUT2D eigenvalue weighted by Gasteiger charge is -2.37. The van der Waals surface area contributed by atoms with Crippen molar-refractivity contribution in [2.45, 2.75) is 31.6 Å². The van der Waals surface area contributed by atoms with E-state index in [0.717, 1.165) is 25.1 Å². The Balaban J connectivity index is 1.34. The van der Waals surface area contributed by atoms with Crippen LogP contribution >= 0.6 is 0 Å². The first-order valence-corrected chi connectivity index (χ1v) is 12.0. The van der Waals surface area contributed by atoms with E-state index in [1.54, 1.807) is 12.7 Å². The second-order valence-electron chi connectivity index (χ2n) is 9.19. The molecule has 1 aliphatic carbocycles. The van der Waals surface area contributed by atoms with E-state index in [2.05, 4.69) is 89.8 Å². The summed E-state index contributed by atoms with van der Waals surface area (Å²) in [5.41, 5.74) is 7.35. The lowest BCUT2D eigenvalue weighted by atomic mass is 9.74. The van der Waals surface area contributed by atoms with E-state index in [0.29, 0.717) is 11.8 Å². The third-order valence-electron chi connectivity index (χ3n) is 7.32. The summed E-state index contributed by atoms with van der Waals surface area (Å²) in [6, 6.07) is 26.5. The van der Waals surface area contributed by atoms with Crippen molar-refractivity contribution in [2.24, 2.45) is 5.92 Å². The minimum atomic E-state index is 0.473. The first-order valence-electron chi connectivity index (χ1n) is 12.0. The number of piperidine rings is 1. The van der Waals surface area contributed by atoms with Gasteiger partial charge >= 0.3 is 0 Å². The molecule has 1 atom stereocenters. The number of hydrogen-bond donors (Lipinski definition) is 0. The monoisotopic (exact) mass is 423 g/mol. The molecule has 0 saturated carbocycles. The predicted molar refractivity (Wildman–Crippen MR) is 133 cm³/mol. The fourth-order valence-electron chi connectivity index (χ4n) is 5.60. The Kier molecular flexibility index (Phi) is 6.41. The number of benzene rings is 3. The fraction of sp³-hybridized carbons (Fsp3) is 0.333. The van der Waals surface area contributed by atoms with Gasteiger partial charge in [-0.25, -0.2) is 0 Å². The number of ether oxygens (including phenoxy) is 1. The molecule has 0 N–H and O–H groups in total. The maximum atomic E-state index is 5.63. The van der Waals surface area contributed by atoms with Crippen LogP contribution < -0.4 is 4.74 Å². The zero-order valence-corrected chi connectivity index (χ0v) is 19.0. The van der Waals surface area contributed by atoms with Crippen LogP contribution in [0.3, 0.4) is 0 Å². The van der Waals surface area contributed by atoms with E-state index >= 15 is 0 Å². The van der Waals surface area contributed by atoms with Gasteiger partial charge in [-0.05, 0) is 84.6 Å². The first-order chi connectivity index (χ1) is 15.8. The van der Waals surface area contributed by atoms with Gasteiger partial charge in [-0.1, -0.05) is 72.8 Å². The molecule has 2 nitrogen and oxygen atoms in total. The molecule has 164 valence electrons. The number of rotatable bonds is 5. The van der Waals surface area contributed by atoms with Crippen LogP contribution in [0.1, 0.15) is 46.6 Å². The SMILES string of the molecule is COc1ccc2c(c1)C(C1CCN(CC=Cc3ccccc3)CC1)c1ccccc1CC2. The van der Waals surface area contributed by atoms with Crippen molar-refractivity contribution >= 4 is 6.08 Å². The van der Waals surface area contributed by atoms with Gasteiger partial charge in [-0.3, -0.25) is 4.90 Å². The van der Waals surface area contributed by atoms with Crippen LogP contribution in [0.25, 0.3) is 6.08 Å². The first kappa shape index (κ1) is 21.0. The number of nitrogens with zero attached hydrogens (tertiary/aromatic N) is 1. The largest absolute Gasteiger partial charge is 0.497 e. The highest BCUT2D eigenvalue weighted by Gasteiger charge is 2.32. The second kappa shape index (κ2) is 9.75. The molecule has 1 saturated heterocycles. The van der Waals surface area contributed by atoms with E-state index < -0.39 is 0 Å². The number of aryl methyl sites for hydroxylation is 2. The minimum absolute atomic E-state index is 0.473. The summed E-state index contributed by atoms with van der Waals surface area (Å²) < 4.78 is 5.63. The van der Waals surface area contributed by atoms with E-state index in [-0.39, 0.29) is 0 Å². The average molecular weight is 424 g/mol. The van der Waals surface area contributed by atoms with Crippen LogP contribution in [0.4, 0.5) is 0 Å². The zero-order chi connectivity index (χ0) is 21.8. The van der Waals surface area contributed by atoms with E-state index in [9.17, 15) is 0 Å². The molecule has 2 heteroatoms. The molecule has 3 aromatic rings. The van der Waals surface area contributed by atoms with Gasteiger partial charge in [0.1, 0.15) is 5.75 Å². The van der Waals surface area contributed by atoms with Crippen LogP contribution in [0.5, 0.6) is 5.75 Å². The topological polar surface area (TPSA) is 12.5 Å². The molecule has 1 unspecified atom stereocenters. The normalized spacial score (nSPS) is 19.3. The third-order valence-corrected chi connectivity index (χ3v) is 7.32. The summed E-state index contributed by atoms with van der Waals surface area (Å²) in [6.45, 7) is 3.37. The molecule has 0 radical (unpaired) electrons. The number of likely N-dealkylation sites (tertiary alicyclic amines) is 1. The molecule has 1 fully saturated rings. The number of hydrogen-bond acceptors (Lipinski definition) is 2. The molecular formula is C30H33NO. The average Bonchev–Trinajstić information content (AvgIpc) is 3.01. The van der Waals surface area contributed by atoms with Crippen molar-refractivity contribution < 1.29 is 4.74 Å². The van der Waals surface area contributed by atoms with E-state index in [1.807, 2.05) is 0 Å². The predicted octanol–water partition coefficient (Wildman–Crippen LogP) is 6.35. The van der Waals surface area contributed by atoms with Crippen molar-refractivity contribution in [3.8, 4) is 5.75 Å². The van der Waals surface area contributed by atoms with Gasteiger partial charge in [0.2, 0.25) is 0 Å². The van der Waals surface area contributed by atoms with Gasteiger partial charge < -0.3 is 4.74 Å². The summed E-state index contributed by atoms with van der Waals surface area (Å²) in [4.78, 5) is 2.60. The fourth-order valence-corrected chi connectivity index (χ4v) is 5.60. The molecule has 1 heterocycles. The molecule has 0 aromatic heterocycles. The molecule has 5 rings (SSSR count). The lowest BCUT2D eigenvalue weighted by molar-refractivity contribution is 0.190. The van der Waals surface area contributed by atoms with Crippen molar-refractivity contribution in [1.82, 2.24) is 4.90 Å². The Labute approximate surface area is 192 Å². The standard InChI is InChI=1S/C30H33NO/c1-32-27-16-15-25-14-13-24-11-5-6-12-28(24)30(29(25)22-27)26-17-20-31(21-18-26)19-7-10-23-8-3-2-4-9-23/h2-12,15-16,22,26,30H,13-14,17-21H2,1H3. The third kappa shape index (κ3) is 4.52. The van der Waals surface area contributed by atoms with Crippen molar-refractivity contribution in [3.05, 3.63) is 107 Å². The van der Waals surface area contributed by atoms with Crippen LogP contribution in [0.2, 0.25) is 0 Å². The van der Waals surface area contributed by atoms with E-state index in [1.165, 1.54) is 48.2 Å². The van der Waals surface area contributed by atoms with Crippen LogP contribution in [0, 0.1) is 5.92 Å². The van der Waals surface area contributed by atoms with Gasteiger partial charge in [0.05, 0.1) is 7.11 Å². The Bertz CT molecular complexity index is 1060. The summed E-state index contributed by atoms with van der Waals surface area (Å²) in [7, 11) is 1.78. The van der Waals surface area contributed by atoms with Crippen molar-refractivity contribution in [2.75, 3.05) is 26.7 Å². The van der Waals surface area contributed by atoms with Crippen LogP contribution in [-0.4, -0.2) is 31.6 Å². The molecular weight excluding hydrogens is 390 g/mol. The van der Waals surface area contributed by atoms with Crippen LogP contribution in [-0.2, 0) is 12.8 Å². The van der Waals surface area contributed by atoms with Gasteiger partial charge in [0.25, 0.3) is 0 Å². The zero-order valence-electron chi connectivity index (χ0n) is 19.0. The molecule has 0 spiro atoms. The molecule has 32 heavy (non-hydrogen) atoms. The summed E-state index contributed by atoms with van der Waals surface area (Å²) >= 11 is 0. The molecule has 2 aliphatic rings. The number of methoxy groups -OCH3 is 1. The Morgan fingerprint density at radius 3 is 2.34 bits per heavy atom. The number of fused-ring (bicyclic) bond motifs is 2. The summed E-state index contributed by atoms with van der Waals surface area (Å²) in [6.07, 6.45) is 9.31. The minimum Gasteiger partial charge on any atom is -0.497 e. The second-order valence-corrected chi connectivity index (χ2v) is 9.19. The van der Waals surface area contributed by atoms with Gasteiger partial charge in [-0.15, -0.1) is 0 Å². The maximum Gasteiger partial charge on any atom is 0.119 e. The van der Waals surface area contributed by atoms with Gasteiger partial charge in [0, 0.05) is 12.5 Å². The maximum absolute atomic E-state index is 5.63. The van der Waals surface area contributed by atoms with E-state index in [4.69, 9.17) is 4.74 Å². The smallest absolute Gasteiger partial charge is 0.119 e. The molecule has 3 aromatic carbocycles. The Morgan fingerprint density at radius 2 is 1.56 bits per heavy atom. The Morgan fingerprint density at radius 1 is 0.844 bits per heavy atom. The molecule has 0 amide bonds. The quantitative estimate of drug-likeness (QED) is 0.474. The van der Waals surface area contributed by atoms with Gasteiger partial charge in [0.15, 0.2) is 0 Å². The van der Waals surface area contributed by atoms with Gasteiger partial charge in [-0.2, -0.15) is 0 Å². The highest BCUT2D eigenvalue weighted by atomic mass is 16.5. The molecule has 1 aliphatic heterocycles. The highest BCUT2D eigenvalue weighted by Crippen LogP contribution is 2.44. The summed E-state index contributed by atoms with van der Waals surface area (Å²) in [5, 5.41) is 0. The van der Waals surface area contributed by atoms with Crippen molar-refractivity contribution in [1.29, 1.82) is 0 Å². The lowest BCUT2D eigenvalue weighted by Crippen LogP contribution is -2.36. The summed E-state index contributed by atoms with van der Waals surface area (Å²) in [5.74, 6) is 2.13. The Hall–Kier alpha value is -2.84.